The molecule has 0 aromatic heterocycles. The van der Waals surface area contributed by atoms with Gasteiger partial charge in [0, 0.05) is 5.02 Å². The summed E-state index contributed by atoms with van der Waals surface area (Å²) in [6.07, 6.45) is 0. The molecule has 0 radical (unpaired) electrons. The molecule has 0 heterocycles. The second kappa shape index (κ2) is 6.95. The number of benzene rings is 2. The van der Waals surface area contributed by atoms with E-state index in [0.717, 1.165) is 0 Å². The van der Waals surface area contributed by atoms with Gasteiger partial charge in [-0.05, 0) is 30.3 Å². The molecule has 0 aliphatic rings. The number of anilines is 1. The topological polar surface area (TPSA) is 47.6 Å². The first-order valence-electron chi connectivity index (χ1n) is 6.11. The lowest BCUT2D eigenvalue weighted by Crippen LogP contribution is -2.21. The Kier molecular flexibility index (Phi) is 5.00. The fourth-order valence-corrected chi connectivity index (χ4v) is 1.83. The van der Waals surface area contributed by atoms with Gasteiger partial charge in [0.2, 0.25) is 0 Å². The Balaban J connectivity index is 1.97. The van der Waals surface area contributed by atoms with Crippen molar-refractivity contribution in [2.24, 2.45) is 0 Å². The van der Waals surface area contributed by atoms with Crippen LogP contribution >= 0.6 is 11.6 Å². The largest absolute Gasteiger partial charge is 0.493 e. The lowest BCUT2D eigenvalue weighted by Gasteiger charge is -2.11. The predicted molar refractivity (Wildman–Crippen MR) is 78.5 cm³/mol. The smallest absolute Gasteiger partial charge is 0.262 e. The van der Waals surface area contributed by atoms with E-state index in [9.17, 15) is 9.18 Å². The normalized spacial score (nSPS) is 10.0. The number of amides is 1. The molecule has 2 aromatic rings. The molecule has 21 heavy (non-hydrogen) atoms. The van der Waals surface area contributed by atoms with Crippen molar-refractivity contribution in [1.82, 2.24) is 0 Å². The fraction of sp³-hybridized carbons (Fsp3) is 0.133. The second-order valence-corrected chi connectivity index (χ2v) is 4.55. The molecule has 0 bridgehead atoms. The van der Waals surface area contributed by atoms with Gasteiger partial charge in [-0.1, -0.05) is 23.7 Å². The maximum absolute atomic E-state index is 13.5. The number of para-hydroxylation sites is 2. The summed E-state index contributed by atoms with van der Waals surface area (Å²) in [4.78, 5) is 11.8. The monoisotopic (exact) mass is 309 g/mol. The minimum Gasteiger partial charge on any atom is -0.493 e. The summed E-state index contributed by atoms with van der Waals surface area (Å²) < 4.78 is 23.9. The molecule has 4 nitrogen and oxygen atoms in total. The molecular weight excluding hydrogens is 297 g/mol. The van der Waals surface area contributed by atoms with Gasteiger partial charge in [-0.25, -0.2) is 4.39 Å². The summed E-state index contributed by atoms with van der Waals surface area (Å²) in [6, 6.07) is 10.8. The van der Waals surface area contributed by atoms with Crippen molar-refractivity contribution < 1.29 is 18.7 Å². The van der Waals surface area contributed by atoms with E-state index in [0.29, 0.717) is 16.5 Å². The Hall–Kier alpha value is -2.27. The molecule has 0 saturated carbocycles. The molecule has 6 heteroatoms. The van der Waals surface area contributed by atoms with Gasteiger partial charge >= 0.3 is 0 Å². The first-order valence-corrected chi connectivity index (χ1v) is 6.48. The zero-order valence-electron chi connectivity index (χ0n) is 11.2. The van der Waals surface area contributed by atoms with Crippen LogP contribution in [0.4, 0.5) is 10.1 Å². The summed E-state index contributed by atoms with van der Waals surface area (Å²) in [5, 5.41) is 2.73. The first-order chi connectivity index (χ1) is 10.1. The Bertz CT molecular complexity index is 649. The molecule has 2 rings (SSSR count). The third-order valence-corrected chi connectivity index (χ3v) is 2.87. The highest BCUT2D eigenvalue weighted by Crippen LogP contribution is 2.25. The van der Waals surface area contributed by atoms with Crippen LogP contribution in [0.1, 0.15) is 0 Å². The predicted octanol–water partition coefficient (Wildman–Crippen LogP) is 3.51. The van der Waals surface area contributed by atoms with Crippen LogP contribution in [0.5, 0.6) is 11.5 Å². The zero-order chi connectivity index (χ0) is 15.2. The molecule has 0 unspecified atom stereocenters. The minimum absolute atomic E-state index is 0.0103. The number of hydrogen-bond acceptors (Lipinski definition) is 3. The van der Waals surface area contributed by atoms with Gasteiger partial charge in [0.1, 0.15) is 5.82 Å². The SMILES string of the molecule is COc1ccccc1OCC(=O)Nc1cc(Cl)ccc1F. The van der Waals surface area contributed by atoms with Crippen molar-refractivity contribution >= 4 is 23.2 Å². The lowest BCUT2D eigenvalue weighted by molar-refractivity contribution is -0.118. The highest BCUT2D eigenvalue weighted by atomic mass is 35.5. The highest BCUT2D eigenvalue weighted by molar-refractivity contribution is 6.30. The van der Waals surface area contributed by atoms with E-state index < -0.39 is 11.7 Å². The molecular formula is C15H13ClFNO3. The number of methoxy groups -OCH3 is 1. The number of halogens is 2. The molecule has 110 valence electrons. The third-order valence-electron chi connectivity index (χ3n) is 2.63. The van der Waals surface area contributed by atoms with Gasteiger partial charge in [0.05, 0.1) is 12.8 Å². The summed E-state index contributed by atoms with van der Waals surface area (Å²) in [7, 11) is 1.50. The Morgan fingerprint density at radius 2 is 1.95 bits per heavy atom. The molecule has 0 aliphatic heterocycles. The maximum atomic E-state index is 13.5. The van der Waals surface area contributed by atoms with Crippen molar-refractivity contribution in [3.63, 3.8) is 0 Å². The molecule has 0 saturated heterocycles. The number of rotatable bonds is 5. The van der Waals surface area contributed by atoms with E-state index in [1.807, 2.05) is 0 Å². The number of hydrogen-bond donors (Lipinski definition) is 1. The van der Waals surface area contributed by atoms with E-state index in [-0.39, 0.29) is 12.3 Å². The molecule has 0 atom stereocenters. The van der Waals surface area contributed by atoms with Crippen molar-refractivity contribution in [3.8, 4) is 11.5 Å². The van der Waals surface area contributed by atoms with Crippen LogP contribution < -0.4 is 14.8 Å². The molecule has 0 aliphatic carbocycles. The summed E-state index contributed by atoms with van der Waals surface area (Å²) in [6.45, 7) is -0.272. The number of nitrogens with one attached hydrogen (secondary N) is 1. The maximum Gasteiger partial charge on any atom is 0.262 e. The van der Waals surface area contributed by atoms with Crippen LogP contribution in [0.3, 0.4) is 0 Å². The van der Waals surface area contributed by atoms with Crippen molar-refractivity contribution in [1.29, 1.82) is 0 Å². The van der Waals surface area contributed by atoms with Crippen LogP contribution in [-0.2, 0) is 4.79 Å². The van der Waals surface area contributed by atoms with Crippen molar-refractivity contribution in [2.75, 3.05) is 19.0 Å². The van der Waals surface area contributed by atoms with Gasteiger partial charge in [0.25, 0.3) is 5.91 Å². The van der Waals surface area contributed by atoms with Crippen LogP contribution in [0.2, 0.25) is 5.02 Å². The quantitative estimate of drug-likeness (QED) is 0.919. The molecule has 2 aromatic carbocycles. The standard InChI is InChI=1S/C15H13ClFNO3/c1-20-13-4-2-3-5-14(13)21-9-15(19)18-12-8-10(16)6-7-11(12)17/h2-8H,9H2,1H3,(H,18,19). The van der Waals surface area contributed by atoms with Crippen molar-refractivity contribution in [3.05, 3.63) is 53.3 Å². The van der Waals surface area contributed by atoms with Gasteiger partial charge in [0.15, 0.2) is 18.1 Å². The number of carbonyl (C=O) groups is 1. The van der Waals surface area contributed by atoms with E-state index in [1.165, 1.54) is 25.3 Å². The van der Waals surface area contributed by atoms with Gasteiger partial charge in [-0.3, -0.25) is 4.79 Å². The summed E-state index contributed by atoms with van der Waals surface area (Å²) in [5.74, 6) is -0.118. The van der Waals surface area contributed by atoms with Crippen LogP contribution in [0.15, 0.2) is 42.5 Å². The Morgan fingerprint density at radius 1 is 1.24 bits per heavy atom. The molecule has 0 fully saturated rings. The Morgan fingerprint density at radius 3 is 2.67 bits per heavy atom. The fourth-order valence-electron chi connectivity index (χ4n) is 1.66. The Labute approximate surface area is 126 Å². The van der Waals surface area contributed by atoms with Gasteiger partial charge in [-0.15, -0.1) is 0 Å². The minimum atomic E-state index is -0.565. The van der Waals surface area contributed by atoms with Gasteiger partial charge in [-0.2, -0.15) is 0 Å². The zero-order valence-corrected chi connectivity index (χ0v) is 12.0. The third kappa shape index (κ3) is 4.10. The van der Waals surface area contributed by atoms with Crippen LogP contribution in [0, 0.1) is 5.82 Å². The number of ether oxygens (including phenoxy) is 2. The second-order valence-electron chi connectivity index (χ2n) is 4.11. The molecule has 0 spiro atoms. The van der Waals surface area contributed by atoms with E-state index in [4.69, 9.17) is 21.1 Å². The van der Waals surface area contributed by atoms with Gasteiger partial charge < -0.3 is 14.8 Å². The first kappa shape index (κ1) is 15.1. The van der Waals surface area contributed by atoms with E-state index >= 15 is 0 Å². The summed E-state index contributed by atoms with van der Waals surface area (Å²) >= 11 is 5.75. The molecule has 1 N–H and O–H groups in total. The van der Waals surface area contributed by atoms with E-state index in [2.05, 4.69) is 5.32 Å². The average molecular weight is 310 g/mol. The van der Waals surface area contributed by atoms with E-state index in [1.54, 1.807) is 24.3 Å². The van der Waals surface area contributed by atoms with Crippen molar-refractivity contribution in [2.45, 2.75) is 0 Å². The lowest BCUT2D eigenvalue weighted by atomic mass is 10.3. The average Bonchev–Trinajstić information content (AvgIpc) is 2.49. The van der Waals surface area contributed by atoms with Crippen LogP contribution in [0.25, 0.3) is 0 Å². The van der Waals surface area contributed by atoms with Crippen LogP contribution in [-0.4, -0.2) is 19.6 Å². The highest BCUT2D eigenvalue weighted by Gasteiger charge is 2.10. The molecule has 1 amide bonds. The summed E-state index contributed by atoms with van der Waals surface area (Å²) in [5.41, 5.74) is 0.0103. The number of carbonyl (C=O) groups excluding carboxylic acids is 1.